The van der Waals surface area contributed by atoms with Crippen LogP contribution >= 0.6 is 0 Å². The molecular formula is C17H17N7O2. The summed E-state index contributed by atoms with van der Waals surface area (Å²) in [6, 6.07) is 9.90. The lowest BCUT2D eigenvalue weighted by Gasteiger charge is -2.06. The lowest BCUT2D eigenvalue weighted by atomic mass is 10.1. The fourth-order valence-corrected chi connectivity index (χ4v) is 2.41. The van der Waals surface area contributed by atoms with Gasteiger partial charge in [0.05, 0.1) is 16.3 Å². The number of anilines is 1. The molecule has 0 radical (unpaired) electrons. The van der Waals surface area contributed by atoms with E-state index in [0.717, 1.165) is 17.0 Å². The fourth-order valence-electron chi connectivity index (χ4n) is 2.41. The van der Waals surface area contributed by atoms with Crippen LogP contribution in [0.4, 0.5) is 11.5 Å². The molecule has 9 nitrogen and oxygen atoms in total. The van der Waals surface area contributed by atoms with Gasteiger partial charge in [-0.25, -0.2) is 14.6 Å². The highest BCUT2D eigenvalue weighted by molar-refractivity contribution is 5.99. The van der Waals surface area contributed by atoms with Gasteiger partial charge in [0.15, 0.2) is 11.6 Å². The van der Waals surface area contributed by atoms with Gasteiger partial charge in [-0.1, -0.05) is 0 Å². The molecular weight excluding hydrogens is 334 g/mol. The highest BCUT2D eigenvalue weighted by Crippen LogP contribution is 2.14. The number of nitrogens with one attached hydrogen (secondary N) is 1. The Bertz CT molecular complexity index is 977. The number of rotatable bonds is 5. The predicted molar refractivity (Wildman–Crippen MR) is 97.6 cm³/mol. The van der Waals surface area contributed by atoms with Crippen molar-refractivity contribution in [2.24, 2.45) is 5.10 Å². The molecule has 0 unspecified atom stereocenters. The number of non-ortho nitro benzene ring substituents is 1. The first-order valence-electron chi connectivity index (χ1n) is 7.85. The number of hydrogen-bond acceptors (Lipinski definition) is 7. The second-order valence-corrected chi connectivity index (χ2v) is 5.71. The van der Waals surface area contributed by atoms with Crippen LogP contribution in [0.1, 0.15) is 23.9 Å². The summed E-state index contributed by atoms with van der Waals surface area (Å²) in [7, 11) is 0. The molecule has 0 aliphatic rings. The third-order valence-electron chi connectivity index (χ3n) is 3.71. The second kappa shape index (κ2) is 7.09. The molecule has 0 saturated heterocycles. The lowest BCUT2D eigenvalue weighted by molar-refractivity contribution is -0.384. The first-order valence-corrected chi connectivity index (χ1v) is 7.85. The van der Waals surface area contributed by atoms with E-state index in [1.807, 2.05) is 19.9 Å². The number of aryl methyl sites for hydroxylation is 2. The largest absolute Gasteiger partial charge is 0.269 e. The van der Waals surface area contributed by atoms with Crippen LogP contribution in [0.5, 0.6) is 0 Å². The van der Waals surface area contributed by atoms with Gasteiger partial charge in [-0.2, -0.15) is 10.2 Å². The van der Waals surface area contributed by atoms with Crippen molar-refractivity contribution in [2.75, 3.05) is 5.43 Å². The van der Waals surface area contributed by atoms with E-state index in [2.05, 4.69) is 25.6 Å². The Kier molecular flexibility index (Phi) is 4.70. The molecule has 0 saturated carbocycles. The molecule has 1 aromatic carbocycles. The molecule has 132 valence electrons. The van der Waals surface area contributed by atoms with Crippen molar-refractivity contribution < 1.29 is 4.92 Å². The Morgan fingerprint density at radius 3 is 2.54 bits per heavy atom. The standard InChI is InChI=1S/C17H17N7O2/c1-11-8-12(2)23(22-11)17-9-16(18-10-19-17)21-20-13(3)14-4-6-15(7-5-14)24(25)26/h4-10H,1-3H3,(H,18,19,21). The first kappa shape index (κ1) is 17.2. The van der Waals surface area contributed by atoms with Crippen LogP contribution in [0, 0.1) is 24.0 Å². The van der Waals surface area contributed by atoms with E-state index in [1.54, 1.807) is 29.8 Å². The number of benzene rings is 1. The van der Waals surface area contributed by atoms with E-state index in [4.69, 9.17) is 0 Å². The molecule has 2 heterocycles. The van der Waals surface area contributed by atoms with E-state index in [0.29, 0.717) is 17.3 Å². The van der Waals surface area contributed by atoms with E-state index >= 15 is 0 Å². The van der Waals surface area contributed by atoms with E-state index in [-0.39, 0.29) is 5.69 Å². The number of nitrogens with zero attached hydrogens (tertiary/aromatic N) is 6. The molecule has 0 bridgehead atoms. The lowest BCUT2D eigenvalue weighted by Crippen LogP contribution is -2.05. The maximum absolute atomic E-state index is 10.7. The molecule has 2 aromatic heterocycles. The minimum Gasteiger partial charge on any atom is -0.261 e. The Morgan fingerprint density at radius 1 is 1.19 bits per heavy atom. The summed E-state index contributed by atoms with van der Waals surface area (Å²) in [5.41, 5.74) is 6.24. The van der Waals surface area contributed by atoms with Gasteiger partial charge in [0.2, 0.25) is 0 Å². The topological polar surface area (TPSA) is 111 Å². The van der Waals surface area contributed by atoms with E-state index in [9.17, 15) is 10.1 Å². The Morgan fingerprint density at radius 2 is 1.92 bits per heavy atom. The van der Waals surface area contributed by atoms with Crippen molar-refractivity contribution >= 4 is 17.2 Å². The Balaban J connectivity index is 1.78. The highest BCUT2D eigenvalue weighted by atomic mass is 16.6. The van der Waals surface area contributed by atoms with Crippen molar-refractivity contribution in [1.82, 2.24) is 19.7 Å². The maximum Gasteiger partial charge on any atom is 0.269 e. The van der Waals surface area contributed by atoms with Crippen molar-refractivity contribution in [3.8, 4) is 5.82 Å². The van der Waals surface area contributed by atoms with E-state index in [1.165, 1.54) is 18.5 Å². The number of nitro groups is 1. The molecule has 0 aliphatic heterocycles. The summed E-state index contributed by atoms with van der Waals surface area (Å²) < 4.78 is 1.73. The summed E-state index contributed by atoms with van der Waals surface area (Å²) >= 11 is 0. The number of hydrazone groups is 1. The number of aromatic nitrogens is 4. The molecule has 0 spiro atoms. The quantitative estimate of drug-likeness (QED) is 0.430. The maximum atomic E-state index is 10.7. The van der Waals surface area contributed by atoms with Crippen LogP contribution in [0.2, 0.25) is 0 Å². The van der Waals surface area contributed by atoms with E-state index < -0.39 is 4.92 Å². The van der Waals surface area contributed by atoms with Crippen LogP contribution in [0.25, 0.3) is 5.82 Å². The van der Waals surface area contributed by atoms with Gasteiger partial charge >= 0.3 is 0 Å². The first-order chi connectivity index (χ1) is 12.4. The van der Waals surface area contributed by atoms with Gasteiger partial charge in [-0.15, -0.1) is 0 Å². The van der Waals surface area contributed by atoms with Gasteiger partial charge in [0, 0.05) is 23.9 Å². The third kappa shape index (κ3) is 3.72. The van der Waals surface area contributed by atoms with Gasteiger partial charge in [0.25, 0.3) is 5.69 Å². The zero-order chi connectivity index (χ0) is 18.7. The van der Waals surface area contributed by atoms with Gasteiger partial charge in [-0.3, -0.25) is 15.5 Å². The minimum absolute atomic E-state index is 0.0415. The average Bonchev–Trinajstić information content (AvgIpc) is 2.98. The van der Waals surface area contributed by atoms with Crippen LogP contribution in [-0.2, 0) is 0 Å². The molecule has 3 rings (SSSR count). The predicted octanol–water partition coefficient (Wildman–Crippen LogP) is 3.02. The van der Waals surface area contributed by atoms with Gasteiger partial charge in [0.1, 0.15) is 6.33 Å². The van der Waals surface area contributed by atoms with Crippen LogP contribution in [-0.4, -0.2) is 30.4 Å². The zero-order valence-corrected chi connectivity index (χ0v) is 14.5. The summed E-state index contributed by atoms with van der Waals surface area (Å²) in [6.45, 7) is 5.67. The van der Waals surface area contributed by atoms with Crippen LogP contribution < -0.4 is 5.43 Å². The fraction of sp³-hybridized carbons (Fsp3) is 0.176. The summed E-state index contributed by atoms with van der Waals surface area (Å²) in [5, 5.41) is 19.4. The minimum atomic E-state index is -0.435. The monoisotopic (exact) mass is 351 g/mol. The molecule has 0 fully saturated rings. The van der Waals surface area contributed by atoms with Crippen molar-refractivity contribution in [3.63, 3.8) is 0 Å². The number of nitro benzene ring substituents is 1. The SMILES string of the molecule is CC(=NNc1cc(-n2nc(C)cc2C)ncn1)c1ccc([N+](=O)[O-])cc1. The second-order valence-electron chi connectivity index (χ2n) is 5.71. The summed E-state index contributed by atoms with van der Waals surface area (Å²) in [4.78, 5) is 18.7. The molecule has 26 heavy (non-hydrogen) atoms. The highest BCUT2D eigenvalue weighted by Gasteiger charge is 2.07. The number of hydrogen-bond donors (Lipinski definition) is 1. The molecule has 0 aliphatic carbocycles. The third-order valence-corrected chi connectivity index (χ3v) is 3.71. The van der Waals surface area contributed by atoms with Gasteiger partial charge in [-0.05, 0) is 44.5 Å². The summed E-state index contributed by atoms with van der Waals surface area (Å²) in [6.07, 6.45) is 1.44. The molecule has 0 atom stereocenters. The molecule has 1 N–H and O–H groups in total. The smallest absolute Gasteiger partial charge is 0.261 e. The molecule has 9 heteroatoms. The Labute approximate surface area is 149 Å². The Hall–Kier alpha value is -3.62. The molecule has 3 aromatic rings. The van der Waals surface area contributed by atoms with Crippen molar-refractivity contribution in [1.29, 1.82) is 0 Å². The normalized spacial score (nSPS) is 11.4. The zero-order valence-electron chi connectivity index (χ0n) is 14.5. The summed E-state index contributed by atoms with van der Waals surface area (Å²) in [5.74, 6) is 1.15. The average molecular weight is 351 g/mol. The molecule has 0 amide bonds. The van der Waals surface area contributed by atoms with Crippen molar-refractivity contribution in [2.45, 2.75) is 20.8 Å². The van der Waals surface area contributed by atoms with Crippen molar-refractivity contribution in [3.05, 3.63) is 69.8 Å². The van der Waals surface area contributed by atoms with Gasteiger partial charge < -0.3 is 0 Å². The van der Waals surface area contributed by atoms with Crippen LogP contribution in [0.15, 0.2) is 47.8 Å². The van der Waals surface area contributed by atoms with Crippen LogP contribution in [0.3, 0.4) is 0 Å².